The average molecular weight is 280 g/mol. The van der Waals surface area contributed by atoms with Gasteiger partial charge < -0.3 is 14.5 Å². The Morgan fingerprint density at radius 1 is 1.45 bits per heavy atom. The lowest BCUT2D eigenvalue weighted by atomic mass is 10.2. The minimum atomic E-state index is 0.530. The molecule has 0 aliphatic carbocycles. The van der Waals surface area contributed by atoms with E-state index < -0.39 is 0 Å². The second-order valence-electron chi connectivity index (χ2n) is 6.25. The van der Waals surface area contributed by atoms with Gasteiger partial charge >= 0.3 is 0 Å². The Morgan fingerprint density at radius 2 is 2.25 bits per heavy atom. The first-order chi connectivity index (χ1) is 9.56. The molecule has 1 fully saturated rings. The van der Waals surface area contributed by atoms with Gasteiger partial charge in [0.25, 0.3) is 0 Å². The first kappa shape index (κ1) is 15.5. The standard InChI is InChI=1S/C16H28N2O2/c1-12(2)8-17-9-14-7-16(20-13(14)3)10-18(4)15-5-6-19-11-15/h7,12,15,17H,5-6,8-11H2,1-4H3. The third-order valence-corrected chi connectivity index (χ3v) is 3.87. The molecule has 0 spiro atoms. The van der Waals surface area contributed by atoms with Gasteiger partial charge in [-0.15, -0.1) is 0 Å². The van der Waals surface area contributed by atoms with Gasteiger partial charge in [-0.2, -0.15) is 0 Å². The molecular weight excluding hydrogens is 252 g/mol. The van der Waals surface area contributed by atoms with Gasteiger partial charge in [-0.05, 0) is 38.9 Å². The van der Waals surface area contributed by atoms with E-state index in [1.54, 1.807) is 0 Å². The highest BCUT2D eigenvalue weighted by Crippen LogP contribution is 2.19. The van der Waals surface area contributed by atoms with E-state index in [0.717, 1.165) is 50.8 Å². The lowest BCUT2D eigenvalue weighted by molar-refractivity contribution is 0.152. The molecule has 2 rings (SSSR count). The molecule has 20 heavy (non-hydrogen) atoms. The zero-order valence-corrected chi connectivity index (χ0v) is 13.2. The normalized spacial score (nSPS) is 19.4. The third kappa shape index (κ3) is 4.33. The molecule has 114 valence electrons. The summed E-state index contributed by atoms with van der Waals surface area (Å²) in [5, 5.41) is 3.47. The van der Waals surface area contributed by atoms with Crippen molar-refractivity contribution in [2.24, 2.45) is 5.92 Å². The molecular formula is C16H28N2O2. The van der Waals surface area contributed by atoms with Crippen molar-refractivity contribution >= 4 is 0 Å². The van der Waals surface area contributed by atoms with Crippen molar-refractivity contribution < 1.29 is 9.15 Å². The molecule has 1 aromatic heterocycles. The van der Waals surface area contributed by atoms with E-state index >= 15 is 0 Å². The molecule has 1 saturated heterocycles. The van der Waals surface area contributed by atoms with E-state index in [-0.39, 0.29) is 0 Å². The first-order valence-corrected chi connectivity index (χ1v) is 7.63. The van der Waals surface area contributed by atoms with Crippen molar-refractivity contribution in [2.75, 3.05) is 26.8 Å². The number of hydrogen-bond acceptors (Lipinski definition) is 4. The summed E-state index contributed by atoms with van der Waals surface area (Å²) >= 11 is 0. The molecule has 1 N–H and O–H groups in total. The second kappa shape index (κ2) is 7.25. The van der Waals surface area contributed by atoms with Crippen LogP contribution in [0.2, 0.25) is 0 Å². The number of aryl methyl sites for hydroxylation is 1. The van der Waals surface area contributed by atoms with E-state index in [0.29, 0.717) is 12.0 Å². The molecule has 2 heterocycles. The van der Waals surface area contributed by atoms with E-state index in [9.17, 15) is 0 Å². The Bertz CT molecular complexity index is 409. The van der Waals surface area contributed by atoms with Gasteiger partial charge in [-0.1, -0.05) is 13.8 Å². The summed E-state index contributed by atoms with van der Waals surface area (Å²) in [6, 6.07) is 2.72. The Balaban J connectivity index is 1.86. The zero-order chi connectivity index (χ0) is 14.5. The number of nitrogens with one attached hydrogen (secondary N) is 1. The molecule has 0 bridgehead atoms. The van der Waals surface area contributed by atoms with Crippen LogP contribution in [0.15, 0.2) is 10.5 Å². The fourth-order valence-electron chi connectivity index (χ4n) is 2.58. The van der Waals surface area contributed by atoms with E-state index in [2.05, 4.69) is 44.1 Å². The van der Waals surface area contributed by atoms with Crippen LogP contribution in [0.25, 0.3) is 0 Å². The number of nitrogens with zero attached hydrogens (tertiary/aromatic N) is 1. The minimum absolute atomic E-state index is 0.530. The maximum atomic E-state index is 5.88. The molecule has 1 aliphatic rings. The molecule has 1 aromatic rings. The highest BCUT2D eigenvalue weighted by atomic mass is 16.5. The van der Waals surface area contributed by atoms with Crippen LogP contribution in [0.4, 0.5) is 0 Å². The van der Waals surface area contributed by atoms with Crippen molar-refractivity contribution in [1.82, 2.24) is 10.2 Å². The van der Waals surface area contributed by atoms with Crippen LogP contribution in [0.1, 0.15) is 37.4 Å². The number of hydrogen-bond donors (Lipinski definition) is 1. The highest BCUT2D eigenvalue weighted by Gasteiger charge is 2.21. The predicted octanol–water partition coefficient (Wildman–Crippen LogP) is 2.55. The van der Waals surface area contributed by atoms with Crippen molar-refractivity contribution in [2.45, 2.75) is 46.3 Å². The molecule has 4 heteroatoms. The van der Waals surface area contributed by atoms with Crippen LogP contribution in [-0.2, 0) is 17.8 Å². The summed E-state index contributed by atoms with van der Waals surface area (Å²) in [5.41, 5.74) is 1.27. The van der Waals surface area contributed by atoms with Gasteiger partial charge in [0.15, 0.2) is 0 Å². The van der Waals surface area contributed by atoms with Crippen LogP contribution >= 0.6 is 0 Å². The molecule has 1 atom stereocenters. The Kier molecular flexibility index (Phi) is 5.64. The zero-order valence-electron chi connectivity index (χ0n) is 13.2. The van der Waals surface area contributed by atoms with Crippen molar-refractivity contribution in [3.8, 4) is 0 Å². The van der Waals surface area contributed by atoms with Gasteiger partial charge in [0.2, 0.25) is 0 Å². The fraction of sp³-hybridized carbons (Fsp3) is 0.750. The quantitative estimate of drug-likeness (QED) is 0.833. The number of furan rings is 1. The topological polar surface area (TPSA) is 37.6 Å². The minimum Gasteiger partial charge on any atom is -0.465 e. The van der Waals surface area contributed by atoms with Gasteiger partial charge in [-0.3, -0.25) is 4.90 Å². The summed E-state index contributed by atoms with van der Waals surface area (Å²) < 4.78 is 11.3. The smallest absolute Gasteiger partial charge is 0.118 e. The molecule has 1 unspecified atom stereocenters. The summed E-state index contributed by atoms with van der Waals surface area (Å²) in [7, 11) is 2.15. The van der Waals surface area contributed by atoms with Gasteiger partial charge in [0, 0.05) is 24.8 Å². The number of rotatable bonds is 7. The maximum absolute atomic E-state index is 5.88. The van der Waals surface area contributed by atoms with E-state index in [1.165, 1.54) is 5.56 Å². The van der Waals surface area contributed by atoms with Crippen LogP contribution in [-0.4, -0.2) is 37.7 Å². The average Bonchev–Trinajstić information content (AvgIpc) is 2.99. The van der Waals surface area contributed by atoms with Gasteiger partial charge in [0.1, 0.15) is 11.5 Å². The molecule has 0 amide bonds. The molecule has 1 aliphatic heterocycles. The SMILES string of the molecule is Cc1oc(CN(C)C2CCOC2)cc1CNCC(C)C. The number of ether oxygens (including phenoxy) is 1. The van der Waals surface area contributed by atoms with Crippen molar-refractivity contribution in [3.05, 3.63) is 23.2 Å². The van der Waals surface area contributed by atoms with Crippen molar-refractivity contribution in [3.63, 3.8) is 0 Å². The lowest BCUT2D eigenvalue weighted by Gasteiger charge is -2.21. The molecule has 0 radical (unpaired) electrons. The second-order valence-corrected chi connectivity index (χ2v) is 6.25. The highest BCUT2D eigenvalue weighted by molar-refractivity contribution is 5.20. The number of likely N-dealkylation sites (N-methyl/N-ethyl adjacent to an activating group) is 1. The summed E-state index contributed by atoms with van der Waals surface area (Å²) in [6.07, 6.45) is 1.12. The lowest BCUT2D eigenvalue weighted by Crippen LogP contribution is -2.31. The van der Waals surface area contributed by atoms with Gasteiger partial charge in [0.05, 0.1) is 13.2 Å². The molecule has 4 nitrogen and oxygen atoms in total. The fourth-order valence-corrected chi connectivity index (χ4v) is 2.58. The molecule has 0 saturated carbocycles. The maximum Gasteiger partial charge on any atom is 0.118 e. The Morgan fingerprint density at radius 3 is 2.90 bits per heavy atom. The Hall–Kier alpha value is -0.840. The third-order valence-electron chi connectivity index (χ3n) is 3.87. The van der Waals surface area contributed by atoms with E-state index in [4.69, 9.17) is 9.15 Å². The predicted molar refractivity (Wildman–Crippen MR) is 80.7 cm³/mol. The monoisotopic (exact) mass is 280 g/mol. The van der Waals surface area contributed by atoms with Crippen LogP contribution in [0, 0.1) is 12.8 Å². The van der Waals surface area contributed by atoms with Crippen LogP contribution in [0.3, 0.4) is 0 Å². The Labute approximate surface area is 122 Å². The first-order valence-electron chi connectivity index (χ1n) is 7.63. The summed E-state index contributed by atoms with van der Waals surface area (Å²) in [4.78, 5) is 2.33. The van der Waals surface area contributed by atoms with Gasteiger partial charge in [-0.25, -0.2) is 0 Å². The summed E-state index contributed by atoms with van der Waals surface area (Å²) in [5.74, 6) is 2.76. The van der Waals surface area contributed by atoms with Crippen molar-refractivity contribution in [1.29, 1.82) is 0 Å². The van der Waals surface area contributed by atoms with Crippen LogP contribution in [0.5, 0.6) is 0 Å². The molecule has 0 aromatic carbocycles. The summed E-state index contributed by atoms with van der Waals surface area (Å²) in [6.45, 7) is 11.0. The van der Waals surface area contributed by atoms with E-state index in [1.807, 2.05) is 0 Å². The van der Waals surface area contributed by atoms with Crippen LogP contribution < -0.4 is 5.32 Å². The largest absolute Gasteiger partial charge is 0.465 e.